The number of rotatable bonds is 6. The van der Waals surface area contributed by atoms with E-state index >= 15 is 0 Å². The molecule has 0 aromatic carbocycles. The Labute approximate surface area is 178 Å². The second-order valence-corrected chi connectivity index (χ2v) is 9.16. The summed E-state index contributed by atoms with van der Waals surface area (Å²) in [6.45, 7) is 8.56. The van der Waals surface area contributed by atoms with Crippen LogP contribution < -0.4 is 10.4 Å². The van der Waals surface area contributed by atoms with Gasteiger partial charge in [0.1, 0.15) is 0 Å². The Morgan fingerprint density at radius 1 is 1.27 bits per heavy atom. The Hall–Kier alpha value is -1.75. The highest BCUT2D eigenvalue weighted by Gasteiger charge is 2.52. The molecule has 2 aliphatic heterocycles. The summed E-state index contributed by atoms with van der Waals surface area (Å²) in [5.41, 5.74) is -0.0988. The molecule has 10 heteroatoms. The maximum absolute atomic E-state index is 12.4. The van der Waals surface area contributed by atoms with Crippen LogP contribution in [0, 0.1) is 0 Å². The molecule has 3 heterocycles. The predicted molar refractivity (Wildman–Crippen MR) is 113 cm³/mol. The van der Waals surface area contributed by atoms with Gasteiger partial charge >= 0.3 is 7.12 Å². The van der Waals surface area contributed by atoms with Crippen LogP contribution in [0.5, 0.6) is 0 Å². The molecule has 2 saturated heterocycles. The molecule has 2 fully saturated rings. The highest BCUT2D eigenvalue weighted by atomic mass is 16.7. The maximum atomic E-state index is 12.4. The van der Waals surface area contributed by atoms with Gasteiger partial charge in [-0.1, -0.05) is 0 Å². The van der Waals surface area contributed by atoms with Crippen LogP contribution in [0.3, 0.4) is 0 Å². The lowest BCUT2D eigenvalue weighted by Crippen LogP contribution is -2.52. The molecule has 2 N–H and O–H groups in total. The Kier molecular flexibility index (Phi) is 6.71. The summed E-state index contributed by atoms with van der Waals surface area (Å²) < 4.78 is 12.1. The zero-order chi connectivity index (χ0) is 22.1. The summed E-state index contributed by atoms with van der Waals surface area (Å²) in [6.07, 6.45) is 4.79. The summed E-state index contributed by atoms with van der Waals surface area (Å²) in [5.74, 6) is 0.114. The highest BCUT2D eigenvalue weighted by Crippen LogP contribution is 2.36. The van der Waals surface area contributed by atoms with Gasteiger partial charge in [0.05, 0.1) is 17.8 Å². The van der Waals surface area contributed by atoms with Crippen molar-refractivity contribution in [3.8, 4) is 0 Å². The third-order valence-electron chi connectivity index (χ3n) is 6.38. The zero-order valence-corrected chi connectivity index (χ0v) is 18.5. The van der Waals surface area contributed by atoms with E-state index in [-0.39, 0.29) is 6.04 Å². The van der Waals surface area contributed by atoms with E-state index < -0.39 is 36.9 Å². The van der Waals surface area contributed by atoms with Gasteiger partial charge in [0.25, 0.3) is 5.91 Å². The first-order chi connectivity index (χ1) is 14.1. The fourth-order valence-electron chi connectivity index (χ4n) is 3.78. The SMILES string of the molecule is CN(C[C@H]1CCCCN1C(=O)[C@H](O)CO)c1ncc(B2OC(C)(C)C(C)(C)O2)cn1. The summed E-state index contributed by atoms with van der Waals surface area (Å²) in [6, 6.07) is -0.0659. The minimum absolute atomic E-state index is 0.0659. The smallest absolute Gasteiger partial charge is 0.399 e. The van der Waals surface area contributed by atoms with Crippen molar-refractivity contribution >= 4 is 24.4 Å². The number of anilines is 1. The molecular weight excluding hydrogens is 387 g/mol. The Morgan fingerprint density at radius 2 is 1.87 bits per heavy atom. The van der Waals surface area contributed by atoms with Gasteiger partial charge in [-0.05, 0) is 47.0 Å². The first-order valence-electron chi connectivity index (χ1n) is 10.5. The molecule has 0 saturated carbocycles. The fraction of sp³-hybridized carbons (Fsp3) is 0.750. The third-order valence-corrected chi connectivity index (χ3v) is 6.38. The van der Waals surface area contributed by atoms with Crippen molar-refractivity contribution in [1.82, 2.24) is 14.9 Å². The van der Waals surface area contributed by atoms with E-state index in [0.717, 1.165) is 24.7 Å². The van der Waals surface area contributed by atoms with Crippen LogP contribution in [-0.2, 0) is 14.1 Å². The van der Waals surface area contributed by atoms with Crippen molar-refractivity contribution in [2.24, 2.45) is 0 Å². The fourth-order valence-corrected chi connectivity index (χ4v) is 3.78. The summed E-state index contributed by atoms with van der Waals surface area (Å²) in [5, 5.41) is 18.9. The largest absolute Gasteiger partial charge is 0.498 e. The summed E-state index contributed by atoms with van der Waals surface area (Å²) in [4.78, 5) is 24.9. The lowest BCUT2D eigenvalue weighted by atomic mass is 9.81. The highest BCUT2D eigenvalue weighted by molar-refractivity contribution is 6.61. The molecule has 0 spiro atoms. The van der Waals surface area contributed by atoms with E-state index in [1.165, 1.54) is 0 Å². The van der Waals surface area contributed by atoms with Crippen LogP contribution in [-0.4, -0.2) is 88.2 Å². The standard InChI is InChI=1S/C20H33BN4O5/c1-19(2)20(3,4)30-21(29-19)14-10-22-18(23-11-14)24(5)12-15-8-6-7-9-25(15)17(28)16(27)13-26/h10-11,15-16,26-27H,6-9,12-13H2,1-5H3/t15-,16-/m1/s1. The lowest BCUT2D eigenvalue weighted by molar-refractivity contribution is -0.145. The number of carbonyl (C=O) groups excluding carboxylic acids is 1. The van der Waals surface area contributed by atoms with Crippen LogP contribution in [0.2, 0.25) is 0 Å². The molecule has 0 bridgehead atoms. The van der Waals surface area contributed by atoms with Gasteiger partial charge in [0.2, 0.25) is 5.95 Å². The number of piperidine rings is 1. The average molecular weight is 420 g/mol. The van der Waals surface area contributed by atoms with Crippen molar-refractivity contribution in [1.29, 1.82) is 0 Å². The molecule has 3 rings (SSSR count). The minimum atomic E-state index is -1.37. The number of hydrogen-bond acceptors (Lipinski definition) is 8. The normalized spacial score (nSPS) is 24.0. The van der Waals surface area contributed by atoms with E-state index in [0.29, 0.717) is 19.0 Å². The Bertz CT molecular complexity index is 729. The van der Waals surface area contributed by atoms with Crippen molar-refractivity contribution in [3.05, 3.63) is 12.4 Å². The quantitative estimate of drug-likeness (QED) is 0.617. The number of aliphatic hydroxyl groups is 2. The number of likely N-dealkylation sites (N-methyl/N-ethyl adjacent to an activating group) is 1. The maximum Gasteiger partial charge on any atom is 0.498 e. The molecule has 1 aromatic rings. The molecule has 2 atom stereocenters. The number of nitrogens with zero attached hydrogens (tertiary/aromatic N) is 4. The molecule has 1 aromatic heterocycles. The van der Waals surface area contributed by atoms with Crippen molar-refractivity contribution in [2.75, 3.05) is 31.6 Å². The van der Waals surface area contributed by atoms with Crippen LogP contribution in [0.25, 0.3) is 0 Å². The number of likely N-dealkylation sites (tertiary alicyclic amines) is 1. The van der Waals surface area contributed by atoms with Gasteiger partial charge in [0, 0.05) is 44.0 Å². The van der Waals surface area contributed by atoms with Crippen LogP contribution in [0.15, 0.2) is 12.4 Å². The second kappa shape index (κ2) is 8.78. The van der Waals surface area contributed by atoms with Gasteiger partial charge in [-0.15, -0.1) is 0 Å². The predicted octanol–water partition coefficient (Wildman–Crippen LogP) is -0.0537. The minimum Gasteiger partial charge on any atom is -0.399 e. The number of aliphatic hydroxyl groups excluding tert-OH is 2. The van der Waals surface area contributed by atoms with E-state index in [1.807, 2.05) is 39.6 Å². The van der Waals surface area contributed by atoms with E-state index in [9.17, 15) is 9.90 Å². The van der Waals surface area contributed by atoms with Crippen molar-refractivity contribution in [3.63, 3.8) is 0 Å². The Balaban J connectivity index is 1.66. The molecule has 0 unspecified atom stereocenters. The number of hydrogen-bond donors (Lipinski definition) is 2. The molecule has 30 heavy (non-hydrogen) atoms. The number of aromatic nitrogens is 2. The molecular formula is C20H33BN4O5. The zero-order valence-electron chi connectivity index (χ0n) is 18.5. The number of carbonyl (C=O) groups is 1. The first kappa shape index (κ1) is 22.9. The van der Waals surface area contributed by atoms with E-state index in [2.05, 4.69) is 9.97 Å². The van der Waals surface area contributed by atoms with Crippen LogP contribution in [0.1, 0.15) is 47.0 Å². The molecule has 0 aliphatic carbocycles. The number of amides is 1. The summed E-state index contributed by atoms with van der Waals surface area (Å²) in [7, 11) is 1.37. The van der Waals surface area contributed by atoms with Crippen molar-refractivity contribution < 1.29 is 24.3 Å². The molecule has 2 aliphatic rings. The monoisotopic (exact) mass is 420 g/mol. The van der Waals surface area contributed by atoms with Gasteiger partial charge in [-0.2, -0.15) is 0 Å². The van der Waals surface area contributed by atoms with E-state index in [1.54, 1.807) is 17.3 Å². The lowest BCUT2D eigenvalue weighted by Gasteiger charge is -2.38. The Morgan fingerprint density at radius 3 is 2.43 bits per heavy atom. The van der Waals surface area contributed by atoms with Crippen LogP contribution >= 0.6 is 0 Å². The average Bonchev–Trinajstić information content (AvgIpc) is 2.94. The van der Waals surface area contributed by atoms with Gasteiger partial charge < -0.3 is 29.3 Å². The van der Waals surface area contributed by atoms with Gasteiger partial charge in [-0.3, -0.25) is 4.79 Å². The van der Waals surface area contributed by atoms with Gasteiger partial charge in [-0.25, -0.2) is 9.97 Å². The molecule has 0 radical (unpaired) electrons. The summed E-state index contributed by atoms with van der Waals surface area (Å²) >= 11 is 0. The molecule has 1 amide bonds. The third kappa shape index (κ3) is 4.61. The topological polar surface area (TPSA) is 108 Å². The van der Waals surface area contributed by atoms with E-state index in [4.69, 9.17) is 14.4 Å². The van der Waals surface area contributed by atoms with Crippen molar-refractivity contribution in [2.45, 2.75) is 70.3 Å². The first-order valence-corrected chi connectivity index (χ1v) is 10.5. The van der Waals surface area contributed by atoms with Crippen LogP contribution in [0.4, 0.5) is 5.95 Å². The molecule has 166 valence electrons. The second-order valence-electron chi connectivity index (χ2n) is 9.16. The van der Waals surface area contributed by atoms with Gasteiger partial charge in [0.15, 0.2) is 6.10 Å². The molecule has 9 nitrogen and oxygen atoms in total.